The smallest absolute Gasteiger partial charge is 0.241 e. The quantitative estimate of drug-likeness (QED) is 0.766. The first-order chi connectivity index (χ1) is 13.3. The molecular weight excluding hydrogens is 378 g/mol. The van der Waals surface area contributed by atoms with Gasteiger partial charge in [-0.05, 0) is 56.0 Å². The summed E-state index contributed by atoms with van der Waals surface area (Å²) in [6.45, 7) is 5.02. The van der Waals surface area contributed by atoms with Crippen molar-refractivity contribution in [2.75, 3.05) is 23.3 Å². The van der Waals surface area contributed by atoms with E-state index in [0.717, 1.165) is 31.7 Å². The van der Waals surface area contributed by atoms with E-state index >= 15 is 0 Å². The number of carbonyl (C=O) groups excluding carboxylic acids is 1. The number of anilines is 2. The van der Waals surface area contributed by atoms with Gasteiger partial charge in [-0.25, -0.2) is 23.1 Å². The van der Waals surface area contributed by atoms with Gasteiger partial charge in [0.05, 0.1) is 11.4 Å². The van der Waals surface area contributed by atoms with E-state index in [1.165, 1.54) is 19.4 Å². The summed E-state index contributed by atoms with van der Waals surface area (Å²) in [6, 6.07) is 6.53. The average molecular weight is 404 g/mol. The summed E-state index contributed by atoms with van der Waals surface area (Å²) in [5.41, 5.74) is 1.10. The summed E-state index contributed by atoms with van der Waals surface area (Å²) in [5.74, 6) is 1.05. The van der Waals surface area contributed by atoms with Crippen molar-refractivity contribution >= 4 is 27.4 Å². The van der Waals surface area contributed by atoms with Crippen molar-refractivity contribution in [2.45, 2.75) is 44.6 Å². The van der Waals surface area contributed by atoms with E-state index in [9.17, 15) is 13.2 Å². The SMILES string of the molecule is CC(=O)Nc1ccc(S(=O)(=O)NCc2nccc(N3CCCCC3)n2)c(C)c1. The molecule has 2 heterocycles. The second-order valence-electron chi connectivity index (χ2n) is 6.86. The van der Waals surface area contributed by atoms with Crippen molar-refractivity contribution in [2.24, 2.45) is 0 Å². The van der Waals surface area contributed by atoms with Gasteiger partial charge in [-0.1, -0.05) is 0 Å². The topological polar surface area (TPSA) is 104 Å². The molecule has 1 aliphatic rings. The lowest BCUT2D eigenvalue weighted by Gasteiger charge is -2.27. The first-order valence-electron chi connectivity index (χ1n) is 9.30. The average Bonchev–Trinajstić information content (AvgIpc) is 2.67. The highest BCUT2D eigenvalue weighted by Crippen LogP contribution is 2.20. The number of hydrogen-bond acceptors (Lipinski definition) is 6. The molecule has 0 unspecified atom stereocenters. The predicted octanol–water partition coefficient (Wildman–Crippen LogP) is 2.21. The molecule has 0 atom stereocenters. The largest absolute Gasteiger partial charge is 0.357 e. The minimum atomic E-state index is -3.73. The van der Waals surface area contributed by atoms with Crippen molar-refractivity contribution in [3.8, 4) is 0 Å². The van der Waals surface area contributed by atoms with Crippen LogP contribution in [0.3, 0.4) is 0 Å². The maximum absolute atomic E-state index is 12.7. The van der Waals surface area contributed by atoms with Crippen molar-refractivity contribution < 1.29 is 13.2 Å². The number of nitrogens with one attached hydrogen (secondary N) is 2. The van der Waals surface area contributed by atoms with Gasteiger partial charge in [-0.2, -0.15) is 0 Å². The first kappa shape index (κ1) is 20.2. The molecule has 150 valence electrons. The van der Waals surface area contributed by atoms with Gasteiger partial charge >= 0.3 is 0 Å². The van der Waals surface area contributed by atoms with Crippen molar-refractivity contribution in [1.82, 2.24) is 14.7 Å². The zero-order valence-electron chi connectivity index (χ0n) is 16.1. The zero-order chi connectivity index (χ0) is 20.1. The lowest BCUT2D eigenvalue weighted by Crippen LogP contribution is -2.31. The standard InChI is InChI=1S/C19H25N5O3S/c1-14-12-16(22-15(2)25)6-7-17(14)28(26,27)21-13-18-20-9-8-19(23-18)24-10-4-3-5-11-24/h6-9,12,21H,3-5,10-11,13H2,1-2H3,(H,22,25). The van der Waals surface area contributed by atoms with E-state index in [2.05, 4.69) is 24.9 Å². The maximum Gasteiger partial charge on any atom is 0.241 e. The van der Waals surface area contributed by atoms with Gasteiger partial charge in [0.2, 0.25) is 15.9 Å². The van der Waals surface area contributed by atoms with Gasteiger partial charge in [0.15, 0.2) is 0 Å². The van der Waals surface area contributed by atoms with Crippen LogP contribution in [0.25, 0.3) is 0 Å². The molecule has 8 nitrogen and oxygen atoms in total. The molecule has 0 spiro atoms. The predicted molar refractivity (Wildman–Crippen MR) is 108 cm³/mol. The van der Waals surface area contributed by atoms with Crippen LogP contribution >= 0.6 is 0 Å². The molecule has 28 heavy (non-hydrogen) atoms. The molecule has 1 fully saturated rings. The summed E-state index contributed by atoms with van der Waals surface area (Å²) in [6.07, 6.45) is 5.17. The molecule has 9 heteroatoms. The second-order valence-corrected chi connectivity index (χ2v) is 8.60. The van der Waals surface area contributed by atoms with E-state index in [4.69, 9.17) is 0 Å². The minimum absolute atomic E-state index is 0.0108. The Morgan fingerprint density at radius 2 is 1.93 bits per heavy atom. The van der Waals surface area contributed by atoms with Crippen LogP contribution < -0.4 is 14.9 Å². The Morgan fingerprint density at radius 3 is 2.61 bits per heavy atom. The molecule has 0 bridgehead atoms. The number of carbonyl (C=O) groups is 1. The Morgan fingerprint density at radius 1 is 1.18 bits per heavy atom. The Bertz CT molecular complexity index is 956. The van der Waals surface area contributed by atoms with Gasteiger partial charge in [0, 0.05) is 31.9 Å². The Labute approximate surface area is 165 Å². The van der Waals surface area contributed by atoms with Gasteiger partial charge in [0.25, 0.3) is 0 Å². The lowest BCUT2D eigenvalue weighted by molar-refractivity contribution is -0.114. The minimum Gasteiger partial charge on any atom is -0.357 e. The molecule has 0 aliphatic carbocycles. The van der Waals surface area contributed by atoms with Crippen LogP contribution in [0.5, 0.6) is 0 Å². The number of amides is 1. The number of aromatic nitrogens is 2. The molecule has 2 N–H and O–H groups in total. The normalized spacial score (nSPS) is 14.7. The fourth-order valence-electron chi connectivity index (χ4n) is 3.24. The number of benzene rings is 1. The summed E-state index contributed by atoms with van der Waals surface area (Å²) in [5, 5.41) is 2.64. The van der Waals surface area contributed by atoms with Gasteiger partial charge in [-0.15, -0.1) is 0 Å². The Kier molecular flexibility index (Phi) is 6.25. The third kappa shape index (κ3) is 5.05. The number of piperidine rings is 1. The number of sulfonamides is 1. The van der Waals surface area contributed by atoms with E-state index in [1.54, 1.807) is 25.3 Å². The summed E-state index contributed by atoms with van der Waals surface area (Å²) < 4.78 is 27.9. The molecule has 2 aromatic rings. The van der Waals surface area contributed by atoms with Crippen LogP contribution in [0.1, 0.15) is 37.6 Å². The van der Waals surface area contributed by atoms with Crippen LogP contribution in [-0.2, 0) is 21.4 Å². The van der Waals surface area contributed by atoms with E-state index < -0.39 is 10.0 Å². The maximum atomic E-state index is 12.7. The van der Waals surface area contributed by atoms with Crippen LogP contribution in [0.4, 0.5) is 11.5 Å². The monoisotopic (exact) mass is 403 g/mol. The van der Waals surface area contributed by atoms with Crippen molar-refractivity contribution in [1.29, 1.82) is 0 Å². The molecule has 1 aromatic heterocycles. The van der Waals surface area contributed by atoms with Gasteiger partial charge in [-0.3, -0.25) is 4.79 Å². The van der Waals surface area contributed by atoms with Crippen molar-refractivity contribution in [3.63, 3.8) is 0 Å². The highest BCUT2D eigenvalue weighted by molar-refractivity contribution is 7.89. The van der Waals surface area contributed by atoms with E-state index in [-0.39, 0.29) is 17.3 Å². The first-order valence-corrected chi connectivity index (χ1v) is 10.8. The number of nitrogens with zero attached hydrogens (tertiary/aromatic N) is 3. The summed E-state index contributed by atoms with van der Waals surface area (Å²) >= 11 is 0. The molecule has 0 radical (unpaired) electrons. The third-order valence-corrected chi connectivity index (χ3v) is 6.14. The molecule has 1 saturated heterocycles. The Hall–Kier alpha value is -2.52. The number of hydrogen-bond donors (Lipinski definition) is 2. The van der Waals surface area contributed by atoms with Crippen LogP contribution in [0, 0.1) is 6.92 Å². The molecule has 1 aliphatic heterocycles. The molecule has 1 aromatic carbocycles. The van der Waals surface area contributed by atoms with Gasteiger partial charge < -0.3 is 10.2 Å². The molecular formula is C19H25N5O3S. The fourth-order valence-corrected chi connectivity index (χ4v) is 4.45. The lowest BCUT2D eigenvalue weighted by atomic mass is 10.1. The number of aryl methyl sites for hydroxylation is 1. The van der Waals surface area contributed by atoms with Crippen LogP contribution in [0.2, 0.25) is 0 Å². The number of rotatable bonds is 6. The molecule has 0 saturated carbocycles. The fraction of sp³-hybridized carbons (Fsp3) is 0.421. The highest BCUT2D eigenvalue weighted by Gasteiger charge is 2.18. The van der Waals surface area contributed by atoms with Gasteiger partial charge in [0.1, 0.15) is 11.6 Å². The second kappa shape index (κ2) is 8.66. The molecule has 1 amide bonds. The summed E-state index contributed by atoms with van der Waals surface area (Å²) in [4.78, 5) is 22.2. The third-order valence-electron chi connectivity index (χ3n) is 4.58. The highest BCUT2D eigenvalue weighted by atomic mass is 32.2. The van der Waals surface area contributed by atoms with E-state index in [0.29, 0.717) is 17.1 Å². The zero-order valence-corrected chi connectivity index (χ0v) is 16.9. The van der Waals surface area contributed by atoms with Crippen LogP contribution in [-0.4, -0.2) is 37.4 Å². The molecule has 3 rings (SSSR count). The van der Waals surface area contributed by atoms with Crippen molar-refractivity contribution in [3.05, 3.63) is 41.9 Å². The van der Waals surface area contributed by atoms with E-state index in [1.807, 2.05) is 6.07 Å². The Balaban J connectivity index is 1.70. The van der Waals surface area contributed by atoms with Crippen LogP contribution in [0.15, 0.2) is 35.4 Å². The summed E-state index contributed by atoms with van der Waals surface area (Å²) in [7, 11) is -3.73.